The lowest BCUT2D eigenvalue weighted by Crippen LogP contribution is -2.49. The summed E-state index contributed by atoms with van der Waals surface area (Å²) in [6, 6.07) is 10.4. The molecule has 6 heteroatoms. The maximum Gasteiger partial charge on any atom is 0.267 e. The second-order valence-electron chi connectivity index (χ2n) is 5.74. The van der Waals surface area contributed by atoms with Gasteiger partial charge in [0.25, 0.3) is 5.91 Å². The highest BCUT2D eigenvalue weighted by molar-refractivity contribution is 5.82. The molecule has 0 spiro atoms. The maximum absolute atomic E-state index is 13.8. The van der Waals surface area contributed by atoms with Crippen molar-refractivity contribution in [3.8, 4) is 11.5 Å². The molecule has 0 saturated heterocycles. The van der Waals surface area contributed by atoms with E-state index in [1.165, 1.54) is 11.0 Å². The Bertz CT molecular complexity index is 766. The van der Waals surface area contributed by atoms with E-state index in [9.17, 15) is 13.6 Å². The molecule has 0 saturated carbocycles. The van der Waals surface area contributed by atoms with E-state index in [2.05, 4.69) is 0 Å². The highest BCUT2D eigenvalue weighted by atomic mass is 19.1. The van der Waals surface area contributed by atoms with Gasteiger partial charge in [0, 0.05) is 25.2 Å². The standard InChI is InChI=1S/C18H17F2NO3/c1-11-17(24-16-6-4-3-5-15(16)23-11)18(22)21(2)10-12-7-8-13(19)9-14(12)20/h3-9,11,17H,10H2,1-2H3/t11-,17-/m1/s1. The predicted octanol–water partition coefficient (Wildman–Crippen LogP) is 3.15. The molecule has 0 bridgehead atoms. The minimum absolute atomic E-state index is 0.0131. The number of benzene rings is 2. The Hall–Kier alpha value is -2.63. The zero-order valence-corrected chi connectivity index (χ0v) is 13.3. The first-order chi connectivity index (χ1) is 11.5. The van der Waals surface area contributed by atoms with Gasteiger partial charge in [0.2, 0.25) is 6.10 Å². The molecule has 0 radical (unpaired) electrons. The van der Waals surface area contributed by atoms with Crippen molar-refractivity contribution in [3.05, 3.63) is 59.7 Å². The molecule has 2 atom stereocenters. The summed E-state index contributed by atoms with van der Waals surface area (Å²) in [5.41, 5.74) is 0.233. The molecule has 4 nitrogen and oxygen atoms in total. The summed E-state index contributed by atoms with van der Waals surface area (Å²) in [6.45, 7) is 1.75. The van der Waals surface area contributed by atoms with E-state index in [4.69, 9.17) is 9.47 Å². The summed E-state index contributed by atoms with van der Waals surface area (Å²) in [7, 11) is 1.54. The largest absolute Gasteiger partial charge is 0.482 e. The van der Waals surface area contributed by atoms with Gasteiger partial charge in [-0.1, -0.05) is 18.2 Å². The van der Waals surface area contributed by atoms with Gasteiger partial charge in [0.1, 0.15) is 17.7 Å². The van der Waals surface area contributed by atoms with Crippen LogP contribution in [0.25, 0.3) is 0 Å². The lowest BCUT2D eigenvalue weighted by molar-refractivity contribution is -0.143. The lowest BCUT2D eigenvalue weighted by Gasteiger charge is -2.33. The van der Waals surface area contributed by atoms with E-state index in [1.807, 2.05) is 6.07 Å². The number of ether oxygens (including phenoxy) is 2. The lowest BCUT2D eigenvalue weighted by atomic mass is 10.1. The first kappa shape index (κ1) is 16.2. The topological polar surface area (TPSA) is 38.8 Å². The molecule has 0 unspecified atom stereocenters. The van der Waals surface area contributed by atoms with Crippen LogP contribution in [0.3, 0.4) is 0 Å². The number of rotatable bonds is 3. The van der Waals surface area contributed by atoms with Crippen molar-refractivity contribution >= 4 is 5.91 Å². The number of nitrogens with zero attached hydrogens (tertiary/aromatic N) is 1. The highest BCUT2D eigenvalue weighted by Gasteiger charge is 2.35. The minimum Gasteiger partial charge on any atom is -0.482 e. The predicted molar refractivity (Wildman–Crippen MR) is 83.8 cm³/mol. The quantitative estimate of drug-likeness (QED) is 0.866. The Labute approximate surface area is 138 Å². The molecule has 0 aliphatic carbocycles. The molecule has 24 heavy (non-hydrogen) atoms. The van der Waals surface area contributed by atoms with Crippen LogP contribution in [0.4, 0.5) is 8.78 Å². The summed E-state index contributed by atoms with van der Waals surface area (Å²) >= 11 is 0. The van der Waals surface area contributed by atoms with Gasteiger partial charge in [-0.2, -0.15) is 0 Å². The Morgan fingerprint density at radius 3 is 2.46 bits per heavy atom. The molecule has 2 aromatic rings. The van der Waals surface area contributed by atoms with E-state index in [-0.39, 0.29) is 18.0 Å². The summed E-state index contributed by atoms with van der Waals surface area (Å²) in [5.74, 6) is -0.592. The van der Waals surface area contributed by atoms with Crippen LogP contribution >= 0.6 is 0 Å². The third kappa shape index (κ3) is 3.18. The average molecular weight is 333 g/mol. The van der Waals surface area contributed by atoms with Crippen molar-refractivity contribution in [2.75, 3.05) is 7.05 Å². The zero-order chi connectivity index (χ0) is 17.3. The van der Waals surface area contributed by atoms with Crippen molar-refractivity contribution in [1.82, 2.24) is 4.90 Å². The van der Waals surface area contributed by atoms with Crippen LogP contribution in [0, 0.1) is 11.6 Å². The smallest absolute Gasteiger partial charge is 0.267 e. The molecular weight excluding hydrogens is 316 g/mol. The van der Waals surface area contributed by atoms with Crippen LogP contribution in [-0.2, 0) is 11.3 Å². The van der Waals surface area contributed by atoms with Crippen LogP contribution in [0.2, 0.25) is 0 Å². The third-order valence-corrected chi connectivity index (χ3v) is 3.88. The van der Waals surface area contributed by atoms with Crippen molar-refractivity contribution < 1.29 is 23.0 Å². The van der Waals surface area contributed by atoms with Crippen LogP contribution in [-0.4, -0.2) is 30.1 Å². The van der Waals surface area contributed by atoms with Gasteiger partial charge in [-0.3, -0.25) is 4.79 Å². The van der Waals surface area contributed by atoms with E-state index < -0.39 is 23.8 Å². The summed E-state index contributed by atoms with van der Waals surface area (Å²) in [6.07, 6.45) is -1.30. The van der Waals surface area contributed by atoms with Gasteiger partial charge in [0.15, 0.2) is 11.5 Å². The van der Waals surface area contributed by atoms with Gasteiger partial charge >= 0.3 is 0 Å². The summed E-state index contributed by atoms with van der Waals surface area (Å²) < 4.78 is 38.2. The molecule has 2 aromatic carbocycles. The minimum atomic E-state index is -0.826. The van der Waals surface area contributed by atoms with Crippen LogP contribution < -0.4 is 9.47 Å². The first-order valence-electron chi connectivity index (χ1n) is 7.57. The molecular formula is C18H17F2NO3. The number of para-hydroxylation sites is 2. The number of fused-ring (bicyclic) bond motifs is 1. The van der Waals surface area contributed by atoms with Crippen molar-refractivity contribution in [3.63, 3.8) is 0 Å². The third-order valence-electron chi connectivity index (χ3n) is 3.88. The van der Waals surface area contributed by atoms with E-state index in [0.717, 1.165) is 12.1 Å². The fraction of sp³-hybridized carbons (Fsp3) is 0.278. The number of halogens is 2. The van der Waals surface area contributed by atoms with Crippen LogP contribution in [0.5, 0.6) is 11.5 Å². The fourth-order valence-corrected chi connectivity index (χ4v) is 2.59. The Morgan fingerprint density at radius 1 is 1.12 bits per heavy atom. The van der Waals surface area contributed by atoms with Gasteiger partial charge < -0.3 is 14.4 Å². The van der Waals surface area contributed by atoms with Crippen molar-refractivity contribution in [1.29, 1.82) is 0 Å². The normalized spacial score (nSPS) is 19.0. The number of carbonyl (C=O) groups is 1. The molecule has 1 aliphatic rings. The van der Waals surface area contributed by atoms with E-state index in [0.29, 0.717) is 11.5 Å². The van der Waals surface area contributed by atoms with Gasteiger partial charge in [-0.25, -0.2) is 8.78 Å². The second-order valence-corrected chi connectivity index (χ2v) is 5.74. The molecule has 126 valence electrons. The SMILES string of the molecule is C[C@H]1Oc2ccccc2O[C@H]1C(=O)N(C)Cc1ccc(F)cc1F. The zero-order valence-electron chi connectivity index (χ0n) is 13.3. The fourth-order valence-electron chi connectivity index (χ4n) is 2.59. The molecule has 3 rings (SSSR count). The van der Waals surface area contributed by atoms with Crippen molar-refractivity contribution in [2.24, 2.45) is 0 Å². The summed E-state index contributed by atoms with van der Waals surface area (Å²) in [4.78, 5) is 14.0. The Balaban J connectivity index is 1.74. The number of hydrogen-bond acceptors (Lipinski definition) is 3. The van der Waals surface area contributed by atoms with E-state index >= 15 is 0 Å². The van der Waals surface area contributed by atoms with E-state index in [1.54, 1.807) is 32.2 Å². The maximum atomic E-state index is 13.8. The Morgan fingerprint density at radius 2 is 1.79 bits per heavy atom. The molecule has 1 amide bonds. The number of carbonyl (C=O) groups excluding carboxylic acids is 1. The second kappa shape index (κ2) is 6.47. The van der Waals surface area contributed by atoms with Crippen molar-refractivity contribution in [2.45, 2.75) is 25.7 Å². The van der Waals surface area contributed by atoms with Gasteiger partial charge in [0.05, 0.1) is 0 Å². The average Bonchev–Trinajstić information content (AvgIpc) is 2.56. The van der Waals surface area contributed by atoms with Crippen LogP contribution in [0.15, 0.2) is 42.5 Å². The van der Waals surface area contributed by atoms with Gasteiger partial charge in [-0.15, -0.1) is 0 Å². The molecule has 0 fully saturated rings. The summed E-state index contributed by atoms with van der Waals surface area (Å²) in [5, 5.41) is 0. The molecule has 1 aliphatic heterocycles. The monoisotopic (exact) mass is 333 g/mol. The number of likely N-dealkylation sites (N-methyl/N-ethyl adjacent to an activating group) is 1. The van der Waals surface area contributed by atoms with Crippen LogP contribution in [0.1, 0.15) is 12.5 Å². The molecule has 0 N–H and O–H groups in total. The molecule has 0 aromatic heterocycles. The highest BCUT2D eigenvalue weighted by Crippen LogP contribution is 2.33. The first-order valence-corrected chi connectivity index (χ1v) is 7.57. The van der Waals surface area contributed by atoms with Gasteiger partial charge in [-0.05, 0) is 25.1 Å². The molecule has 1 heterocycles. The number of hydrogen-bond donors (Lipinski definition) is 0. The number of amides is 1. The Kier molecular flexibility index (Phi) is 4.38.